The molecule has 0 aromatic heterocycles. The molecule has 2 rings (SSSR count). The summed E-state index contributed by atoms with van der Waals surface area (Å²) >= 11 is 0. The molecule has 0 spiro atoms. The molecule has 9 heteroatoms. The molecule has 1 N–H and O–H groups in total. The van der Waals surface area contributed by atoms with Gasteiger partial charge in [0.05, 0.1) is 12.7 Å². The van der Waals surface area contributed by atoms with Crippen molar-refractivity contribution in [2.45, 2.75) is 13.0 Å². The summed E-state index contributed by atoms with van der Waals surface area (Å²) in [6, 6.07) is 9.59. The van der Waals surface area contributed by atoms with Gasteiger partial charge in [-0.2, -0.15) is 0 Å². The highest BCUT2D eigenvalue weighted by atomic mass is 19.1. The van der Waals surface area contributed by atoms with Crippen molar-refractivity contribution in [2.24, 2.45) is 0 Å². The van der Waals surface area contributed by atoms with Crippen molar-refractivity contribution in [1.29, 1.82) is 0 Å². The summed E-state index contributed by atoms with van der Waals surface area (Å²) < 4.78 is 28.7. The van der Waals surface area contributed by atoms with E-state index in [1.807, 2.05) is 0 Å². The largest absolute Gasteiger partial charge is 0.493 e. The Labute approximate surface area is 173 Å². The number of hydrogen-bond acceptors (Lipinski definition) is 6. The minimum Gasteiger partial charge on any atom is -0.493 e. The SMILES string of the molecule is COc1cc(C(=O)O[C@@H](C)C(=O)N(C)C)ccc1OCC(=O)Nc1ccc(F)cc1. The highest BCUT2D eigenvalue weighted by molar-refractivity contribution is 5.93. The topological polar surface area (TPSA) is 94.2 Å². The Morgan fingerprint density at radius 2 is 1.73 bits per heavy atom. The average molecular weight is 418 g/mol. The van der Waals surface area contributed by atoms with Gasteiger partial charge in [0.25, 0.3) is 11.8 Å². The smallest absolute Gasteiger partial charge is 0.339 e. The average Bonchev–Trinajstić information content (AvgIpc) is 2.72. The maximum absolute atomic E-state index is 12.9. The van der Waals surface area contributed by atoms with E-state index in [-0.39, 0.29) is 29.6 Å². The van der Waals surface area contributed by atoms with Crippen LogP contribution in [0.4, 0.5) is 10.1 Å². The second kappa shape index (κ2) is 10.2. The van der Waals surface area contributed by atoms with Crippen molar-refractivity contribution >= 4 is 23.5 Å². The van der Waals surface area contributed by atoms with Crippen molar-refractivity contribution in [3.05, 3.63) is 53.8 Å². The highest BCUT2D eigenvalue weighted by Crippen LogP contribution is 2.28. The number of halogens is 1. The van der Waals surface area contributed by atoms with Crippen LogP contribution in [0.15, 0.2) is 42.5 Å². The van der Waals surface area contributed by atoms with Crippen LogP contribution in [0.2, 0.25) is 0 Å². The van der Waals surface area contributed by atoms with Gasteiger partial charge < -0.3 is 24.4 Å². The van der Waals surface area contributed by atoms with Crippen molar-refractivity contribution < 1.29 is 33.0 Å². The Bertz CT molecular complexity index is 914. The van der Waals surface area contributed by atoms with Crippen LogP contribution in [0.1, 0.15) is 17.3 Å². The molecule has 2 amide bonds. The van der Waals surface area contributed by atoms with Crippen LogP contribution in [0.3, 0.4) is 0 Å². The third-order valence-electron chi connectivity index (χ3n) is 3.96. The van der Waals surface area contributed by atoms with Gasteiger partial charge in [0, 0.05) is 19.8 Å². The summed E-state index contributed by atoms with van der Waals surface area (Å²) in [5.41, 5.74) is 0.588. The lowest BCUT2D eigenvalue weighted by Gasteiger charge is -2.17. The number of anilines is 1. The third-order valence-corrected chi connectivity index (χ3v) is 3.96. The van der Waals surface area contributed by atoms with E-state index in [0.717, 1.165) is 0 Å². The molecule has 0 unspecified atom stereocenters. The van der Waals surface area contributed by atoms with Gasteiger partial charge >= 0.3 is 5.97 Å². The highest BCUT2D eigenvalue weighted by Gasteiger charge is 2.21. The van der Waals surface area contributed by atoms with E-state index in [9.17, 15) is 18.8 Å². The quantitative estimate of drug-likeness (QED) is 0.662. The zero-order chi connectivity index (χ0) is 22.3. The molecule has 160 valence electrons. The molecule has 2 aromatic carbocycles. The monoisotopic (exact) mass is 418 g/mol. The van der Waals surface area contributed by atoms with Gasteiger partial charge in [0.2, 0.25) is 0 Å². The molecular weight excluding hydrogens is 395 g/mol. The molecule has 0 saturated carbocycles. The Kier molecular flexibility index (Phi) is 7.74. The summed E-state index contributed by atoms with van der Waals surface area (Å²) in [5.74, 6) is -1.46. The van der Waals surface area contributed by atoms with E-state index in [4.69, 9.17) is 14.2 Å². The fraction of sp³-hybridized carbons (Fsp3) is 0.286. The van der Waals surface area contributed by atoms with Gasteiger partial charge in [-0.25, -0.2) is 9.18 Å². The number of hydrogen-bond donors (Lipinski definition) is 1. The molecule has 0 aliphatic heterocycles. The number of likely N-dealkylation sites (N-methyl/N-ethyl adjacent to an activating group) is 1. The summed E-state index contributed by atoms with van der Waals surface area (Å²) in [5, 5.41) is 2.57. The van der Waals surface area contributed by atoms with Crippen LogP contribution in [0.5, 0.6) is 11.5 Å². The van der Waals surface area contributed by atoms with Crippen LogP contribution in [-0.4, -0.2) is 56.6 Å². The summed E-state index contributed by atoms with van der Waals surface area (Å²) in [7, 11) is 4.51. The van der Waals surface area contributed by atoms with Gasteiger partial charge in [0.15, 0.2) is 24.2 Å². The lowest BCUT2D eigenvalue weighted by molar-refractivity contribution is -0.137. The maximum Gasteiger partial charge on any atom is 0.339 e. The second-order valence-electron chi connectivity index (χ2n) is 6.49. The van der Waals surface area contributed by atoms with Gasteiger partial charge in [0.1, 0.15) is 5.82 Å². The predicted octanol–water partition coefficient (Wildman–Crippen LogP) is 2.49. The van der Waals surface area contributed by atoms with Crippen molar-refractivity contribution in [1.82, 2.24) is 4.90 Å². The lowest BCUT2D eigenvalue weighted by atomic mass is 10.2. The fourth-order valence-electron chi connectivity index (χ4n) is 2.43. The van der Waals surface area contributed by atoms with Crippen molar-refractivity contribution in [3.63, 3.8) is 0 Å². The number of amides is 2. The number of ether oxygens (including phenoxy) is 3. The number of rotatable bonds is 8. The minimum atomic E-state index is -0.940. The third kappa shape index (κ3) is 6.20. The minimum absolute atomic E-state index is 0.161. The van der Waals surface area contributed by atoms with E-state index in [2.05, 4.69) is 5.32 Å². The summed E-state index contributed by atoms with van der Waals surface area (Å²) in [4.78, 5) is 37.4. The van der Waals surface area contributed by atoms with Crippen LogP contribution in [0, 0.1) is 5.82 Å². The molecule has 8 nitrogen and oxygen atoms in total. The van der Waals surface area contributed by atoms with E-state index in [1.54, 1.807) is 14.1 Å². The Hall–Kier alpha value is -3.62. The molecule has 0 bridgehead atoms. The maximum atomic E-state index is 12.9. The number of carbonyl (C=O) groups is 3. The van der Waals surface area contributed by atoms with Gasteiger partial charge in [-0.1, -0.05) is 0 Å². The van der Waals surface area contributed by atoms with Gasteiger partial charge in [-0.15, -0.1) is 0 Å². The number of benzene rings is 2. The Morgan fingerprint density at radius 3 is 2.33 bits per heavy atom. The zero-order valence-electron chi connectivity index (χ0n) is 17.1. The second-order valence-corrected chi connectivity index (χ2v) is 6.49. The molecule has 0 radical (unpaired) electrons. The van der Waals surface area contributed by atoms with E-state index in [1.165, 1.54) is 61.4 Å². The standard InChI is InChI=1S/C21H23FN2O6/c1-13(20(26)24(2)3)30-21(27)14-5-10-17(18(11-14)28-4)29-12-19(25)23-16-8-6-15(22)7-9-16/h5-11,13H,12H2,1-4H3,(H,23,25)/t13-/m0/s1. The van der Waals surface area contributed by atoms with Crippen LogP contribution >= 0.6 is 0 Å². The fourth-order valence-corrected chi connectivity index (χ4v) is 2.43. The molecule has 0 heterocycles. The van der Waals surface area contributed by atoms with Crippen LogP contribution in [-0.2, 0) is 14.3 Å². The van der Waals surface area contributed by atoms with Crippen molar-refractivity contribution in [3.8, 4) is 11.5 Å². The van der Waals surface area contributed by atoms with Crippen LogP contribution < -0.4 is 14.8 Å². The lowest BCUT2D eigenvalue weighted by Crippen LogP contribution is -2.34. The normalized spacial score (nSPS) is 11.2. The summed E-state index contributed by atoms with van der Waals surface area (Å²) in [6.45, 7) is 1.15. The molecule has 0 fully saturated rings. The Balaban J connectivity index is 1.99. The molecule has 0 aliphatic rings. The Morgan fingerprint density at radius 1 is 1.07 bits per heavy atom. The molecule has 1 atom stereocenters. The number of nitrogens with zero attached hydrogens (tertiary/aromatic N) is 1. The number of carbonyl (C=O) groups excluding carboxylic acids is 3. The van der Waals surface area contributed by atoms with Gasteiger partial charge in [-0.05, 0) is 49.4 Å². The van der Waals surface area contributed by atoms with Crippen LogP contribution in [0.25, 0.3) is 0 Å². The first-order valence-electron chi connectivity index (χ1n) is 8.99. The molecule has 0 saturated heterocycles. The van der Waals surface area contributed by atoms with E-state index in [0.29, 0.717) is 5.69 Å². The number of esters is 1. The molecule has 30 heavy (non-hydrogen) atoms. The molecule has 0 aliphatic carbocycles. The molecular formula is C21H23FN2O6. The van der Waals surface area contributed by atoms with E-state index < -0.39 is 23.8 Å². The predicted molar refractivity (Wildman–Crippen MR) is 107 cm³/mol. The first-order chi connectivity index (χ1) is 14.2. The summed E-state index contributed by atoms with van der Waals surface area (Å²) in [6.07, 6.45) is -0.940. The van der Waals surface area contributed by atoms with Gasteiger partial charge in [-0.3, -0.25) is 9.59 Å². The number of nitrogens with one attached hydrogen (secondary N) is 1. The first-order valence-corrected chi connectivity index (χ1v) is 8.99. The van der Waals surface area contributed by atoms with Crippen molar-refractivity contribution in [2.75, 3.05) is 33.1 Å². The number of methoxy groups -OCH3 is 1. The van der Waals surface area contributed by atoms with E-state index >= 15 is 0 Å². The first kappa shape index (κ1) is 22.7. The molecule has 2 aromatic rings. The zero-order valence-corrected chi connectivity index (χ0v) is 17.1.